The molecule has 134 valence electrons. The summed E-state index contributed by atoms with van der Waals surface area (Å²) in [7, 11) is 0. The molecule has 0 radical (unpaired) electrons. The molecule has 0 N–H and O–H groups in total. The monoisotopic (exact) mass is 350 g/mol. The third-order valence-corrected chi connectivity index (χ3v) is 4.30. The lowest BCUT2D eigenvalue weighted by Crippen LogP contribution is -2.22. The van der Waals surface area contributed by atoms with Gasteiger partial charge in [-0.1, -0.05) is 45.0 Å². The number of esters is 1. The molecule has 2 aromatic carbocycles. The largest absolute Gasteiger partial charge is 0.461 e. The minimum atomic E-state index is -0.367. The summed E-state index contributed by atoms with van der Waals surface area (Å²) in [6.45, 7) is 7.85. The lowest BCUT2D eigenvalue weighted by atomic mass is 9.86. The quantitative estimate of drug-likeness (QED) is 0.675. The van der Waals surface area contributed by atoms with Gasteiger partial charge in [-0.3, -0.25) is 9.59 Å². The van der Waals surface area contributed by atoms with Crippen molar-refractivity contribution < 1.29 is 9.53 Å². The Balaban J connectivity index is 2.12. The van der Waals surface area contributed by atoms with E-state index in [2.05, 4.69) is 25.9 Å². The van der Waals surface area contributed by atoms with Gasteiger partial charge in [0, 0.05) is 17.9 Å². The highest BCUT2D eigenvalue weighted by Gasteiger charge is 2.16. The van der Waals surface area contributed by atoms with Crippen molar-refractivity contribution in [1.29, 1.82) is 0 Å². The van der Waals surface area contributed by atoms with Crippen LogP contribution >= 0.6 is 0 Å². The molecule has 0 saturated heterocycles. The molecule has 5 heteroatoms. The molecule has 26 heavy (non-hydrogen) atoms. The molecule has 5 nitrogen and oxygen atoms in total. The van der Waals surface area contributed by atoms with Crippen molar-refractivity contribution in [3.63, 3.8) is 0 Å². The van der Waals surface area contributed by atoms with E-state index in [0.717, 1.165) is 16.5 Å². The van der Waals surface area contributed by atoms with E-state index in [-0.39, 0.29) is 23.6 Å². The molecule has 0 aliphatic rings. The number of carbonyl (C=O) groups excluding carboxylic acids is 1. The Morgan fingerprint density at radius 1 is 1.15 bits per heavy atom. The summed E-state index contributed by atoms with van der Waals surface area (Å²) in [5, 5.41) is 5.77. The second kappa shape index (κ2) is 6.75. The molecule has 1 aromatic heterocycles. The molecular formula is C21H22N2O3. The fraction of sp³-hybridized carbons (Fsp3) is 0.286. The zero-order chi connectivity index (χ0) is 18.9. The Morgan fingerprint density at radius 2 is 1.88 bits per heavy atom. The average Bonchev–Trinajstić information content (AvgIpc) is 2.59. The molecule has 0 bridgehead atoms. The zero-order valence-corrected chi connectivity index (χ0v) is 15.4. The molecule has 0 spiro atoms. The first kappa shape index (κ1) is 17.9. The fourth-order valence-corrected chi connectivity index (χ4v) is 2.81. The molecule has 0 atom stereocenters. The summed E-state index contributed by atoms with van der Waals surface area (Å²) in [4.78, 5) is 24.1. The Bertz CT molecular complexity index is 1030. The van der Waals surface area contributed by atoms with Crippen molar-refractivity contribution in [2.24, 2.45) is 0 Å². The third-order valence-electron chi connectivity index (χ3n) is 4.30. The summed E-state index contributed by atoms with van der Waals surface area (Å²) in [6, 6.07) is 13.1. The first-order chi connectivity index (χ1) is 12.3. The summed E-state index contributed by atoms with van der Waals surface area (Å²) in [5.74, 6) is -0.367. The van der Waals surface area contributed by atoms with Crippen molar-refractivity contribution in [2.75, 3.05) is 0 Å². The molecule has 0 aliphatic heterocycles. The number of benzene rings is 2. The molecular weight excluding hydrogens is 328 g/mol. The fourth-order valence-electron chi connectivity index (χ4n) is 2.81. The zero-order valence-electron chi connectivity index (χ0n) is 15.4. The van der Waals surface area contributed by atoms with Crippen LogP contribution in [-0.4, -0.2) is 15.7 Å². The summed E-state index contributed by atoms with van der Waals surface area (Å²) >= 11 is 0. The van der Waals surface area contributed by atoms with Crippen LogP contribution in [0.4, 0.5) is 0 Å². The van der Waals surface area contributed by atoms with E-state index in [0.29, 0.717) is 11.1 Å². The standard InChI is InChI=1S/C21H22N2O3/c1-14(24)26-13-15-7-5-6-8-19(15)23-20(25)18-10-9-17(21(2,3)4)11-16(18)12-22-23/h5-12H,13H2,1-4H3. The van der Waals surface area contributed by atoms with Gasteiger partial charge in [0.1, 0.15) is 6.61 Å². The lowest BCUT2D eigenvalue weighted by molar-refractivity contribution is -0.142. The maximum absolute atomic E-state index is 13.0. The van der Waals surface area contributed by atoms with Crippen molar-refractivity contribution in [3.05, 3.63) is 70.1 Å². The van der Waals surface area contributed by atoms with Gasteiger partial charge in [-0.05, 0) is 29.2 Å². The highest BCUT2D eigenvalue weighted by atomic mass is 16.5. The van der Waals surface area contributed by atoms with E-state index in [4.69, 9.17) is 4.74 Å². The van der Waals surface area contributed by atoms with E-state index in [9.17, 15) is 9.59 Å². The highest BCUT2D eigenvalue weighted by molar-refractivity contribution is 5.82. The van der Waals surface area contributed by atoms with Crippen LogP contribution in [0.5, 0.6) is 0 Å². The van der Waals surface area contributed by atoms with Gasteiger partial charge in [0.05, 0.1) is 17.3 Å². The predicted octanol–water partition coefficient (Wildman–Crippen LogP) is 3.75. The maximum Gasteiger partial charge on any atom is 0.302 e. The number of nitrogens with zero attached hydrogens (tertiary/aromatic N) is 2. The van der Waals surface area contributed by atoms with Crippen LogP contribution in [0, 0.1) is 0 Å². The molecule has 3 rings (SSSR count). The first-order valence-corrected chi connectivity index (χ1v) is 8.51. The molecule has 0 amide bonds. The van der Waals surface area contributed by atoms with Gasteiger partial charge in [-0.2, -0.15) is 9.78 Å². The van der Waals surface area contributed by atoms with Crippen LogP contribution in [0.25, 0.3) is 16.5 Å². The summed E-state index contributed by atoms with van der Waals surface area (Å²) in [5.41, 5.74) is 2.29. The van der Waals surface area contributed by atoms with Crippen molar-refractivity contribution in [3.8, 4) is 5.69 Å². The number of fused-ring (bicyclic) bond motifs is 1. The van der Waals surface area contributed by atoms with E-state index >= 15 is 0 Å². The van der Waals surface area contributed by atoms with Crippen molar-refractivity contribution in [2.45, 2.75) is 39.7 Å². The summed E-state index contributed by atoms with van der Waals surface area (Å²) in [6.07, 6.45) is 1.70. The second-order valence-corrected chi connectivity index (χ2v) is 7.32. The predicted molar refractivity (Wildman–Crippen MR) is 102 cm³/mol. The smallest absolute Gasteiger partial charge is 0.302 e. The van der Waals surface area contributed by atoms with Gasteiger partial charge >= 0.3 is 5.97 Å². The normalized spacial score (nSPS) is 11.5. The maximum atomic E-state index is 13.0. The number of carbonyl (C=O) groups is 1. The number of hydrogen-bond acceptors (Lipinski definition) is 4. The third kappa shape index (κ3) is 3.52. The van der Waals surface area contributed by atoms with Crippen LogP contribution in [0.3, 0.4) is 0 Å². The van der Waals surface area contributed by atoms with Gasteiger partial charge in [-0.15, -0.1) is 0 Å². The van der Waals surface area contributed by atoms with Gasteiger partial charge in [0.15, 0.2) is 0 Å². The second-order valence-electron chi connectivity index (χ2n) is 7.32. The van der Waals surface area contributed by atoms with Gasteiger partial charge in [-0.25, -0.2) is 0 Å². The number of hydrogen-bond donors (Lipinski definition) is 0. The van der Waals surface area contributed by atoms with Gasteiger partial charge in [0.25, 0.3) is 5.56 Å². The molecule has 1 heterocycles. The molecule has 3 aromatic rings. The number of rotatable bonds is 3. The Labute approximate surface area is 152 Å². The van der Waals surface area contributed by atoms with Crippen molar-refractivity contribution in [1.82, 2.24) is 9.78 Å². The van der Waals surface area contributed by atoms with E-state index in [1.807, 2.05) is 36.4 Å². The topological polar surface area (TPSA) is 61.2 Å². The number of para-hydroxylation sites is 1. The van der Waals surface area contributed by atoms with Crippen LogP contribution in [0.15, 0.2) is 53.5 Å². The lowest BCUT2D eigenvalue weighted by Gasteiger charge is -2.19. The number of ether oxygens (including phenoxy) is 1. The Kier molecular flexibility index (Phi) is 4.64. The summed E-state index contributed by atoms with van der Waals surface area (Å²) < 4.78 is 6.45. The number of aromatic nitrogens is 2. The molecule has 0 aliphatic carbocycles. The minimum absolute atomic E-state index is 0.000317. The SMILES string of the molecule is CC(=O)OCc1ccccc1-n1ncc2cc(C(C)(C)C)ccc2c1=O. The van der Waals surface area contributed by atoms with Gasteiger partial charge in [0.2, 0.25) is 0 Å². The van der Waals surface area contributed by atoms with E-state index in [1.165, 1.54) is 11.6 Å². The van der Waals surface area contributed by atoms with Gasteiger partial charge < -0.3 is 4.74 Å². The Morgan fingerprint density at radius 3 is 2.58 bits per heavy atom. The molecule has 0 unspecified atom stereocenters. The van der Waals surface area contributed by atoms with Crippen LogP contribution < -0.4 is 5.56 Å². The van der Waals surface area contributed by atoms with Crippen LogP contribution in [-0.2, 0) is 21.6 Å². The average molecular weight is 350 g/mol. The minimum Gasteiger partial charge on any atom is -0.461 e. The Hall–Kier alpha value is -2.95. The van der Waals surface area contributed by atoms with E-state index in [1.54, 1.807) is 12.3 Å². The molecule has 0 fully saturated rings. The van der Waals surface area contributed by atoms with Crippen LogP contribution in [0.2, 0.25) is 0 Å². The van der Waals surface area contributed by atoms with E-state index < -0.39 is 0 Å². The van der Waals surface area contributed by atoms with Crippen molar-refractivity contribution >= 4 is 16.7 Å². The highest BCUT2D eigenvalue weighted by Crippen LogP contribution is 2.25. The molecule has 0 saturated carbocycles. The van der Waals surface area contributed by atoms with Crippen LogP contribution in [0.1, 0.15) is 38.8 Å². The first-order valence-electron chi connectivity index (χ1n) is 8.51.